The van der Waals surface area contributed by atoms with E-state index in [-0.39, 0.29) is 23.8 Å². The van der Waals surface area contributed by atoms with Crippen LogP contribution in [0, 0.1) is 11.3 Å². The Kier molecular flexibility index (Phi) is 3.17. The molecule has 1 amide bonds. The summed E-state index contributed by atoms with van der Waals surface area (Å²) in [5.74, 6) is 0.0865. The Labute approximate surface area is 85.5 Å². The van der Waals surface area contributed by atoms with Gasteiger partial charge in [-0.1, -0.05) is 27.7 Å². The molecule has 3 heteroatoms. The summed E-state index contributed by atoms with van der Waals surface area (Å²) in [6.45, 7) is 8.80. The number of hydrogen-bond donors (Lipinski definition) is 0. The Morgan fingerprint density at radius 1 is 1.43 bits per heavy atom. The van der Waals surface area contributed by atoms with E-state index in [0.717, 1.165) is 0 Å². The Bertz CT molecular complexity index is 212. The largest absolute Gasteiger partial charge is 0.339 e. The van der Waals surface area contributed by atoms with Crippen molar-refractivity contribution in [3.63, 3.8) is 0 Å². The van der Waals surface area contributed by atoms with Crippen LogP contribution in [0.3, 0.4) is 0 Å². The van der Waals surface area contributed by atoms with Gasteiger partial charge in [0.05, 0.1) is 6.54 Å². The number of rotatable bonds is 1. The van der Waals surface area contributed by atoms with Crippen molar-refractivity contribution in [2.75, 3.05) is 13.1 Å². The highest BCUT2D eigenvalue weighted by molar-refractivity contribution is 5.77. The van der Waals surface area contributed by atoms with E-state index < -0.39 is 6.17 Å². The molecule has 14 heavy (non-hydrogen) atoms. The molecule has 82 valence electrons. The molecule has 1 rings (SSSR count). The molecule has 1 saturated heterocycles. The van der Waals surface area contributed by atoms with Crippen LogP contribution in [0.15, 0.2) is 0 Å². The van der Waals surface area contributed by atoms with Gasteiger partial charge in [-0.15, -0.1) is 0 Å². The number of halogens is 1. The molecule has 0 saturated carbocycles. The maximum Gasteiger partial charge on any atom is 0.223 e. The van der Waals surface area contributed by atoms with Crippen molar-refractivity contribution in [2.24, 2.45) is 11.3 Å². The fourth-order valence-electron chi connectivity index (χ4n) is 1.70. The van der Waals surface area contributed by atoms with Crippen LogP contribution in [-0.2, 0) is 4.79 Å². The first-order valence-corrected chi connectivity index (χ1v) is 5.21. The van der Waals surface area contributed by atoms with E-state index in [1.165, 1.54) is 0 Å². The third-order valence-corrected chi connectivity index (χ3v) is 2.55. The molecule has 1 aliphatic heterocycles. The Balaban J connectivity index is 2.48. The van der Waals surface area contributed by atoms with Crippen molar-refractivity contribution in [2.45, 2.75) is 40.3 Å². The van der Waals surface area contributed by atoms with Crippen LogP contribution in [0.4, 0.5) is 4.39 Å². The summed E-state index contributed by atoms with van der Waals surface area (Å²) in [6, 6.07) is 0. The highest BCUT2D eigenvalue weighted by Gasteiger charge is 2.33. The van der Waals surface area contributed by atoms with Crippen LogP contribution in [0.2, 0.25) is 0 Å². The zero-order chi connectivity index (χ0) is 10.9. The number of amides is 1. The molecule has 0 aromatic carbocycles. The molecule has 1 fully saturated rings. The van der Waals surface area contributed by atoms with Crippen LogP contribution >= 0.6 is 0 Å². The molecular formula is C11H20FNO. The number of likely N-dealkylation sites (tertiary alicyclic amines) is 1. The lowest BCUT2D eigenvalue weighted by molar-refractivity contribution is -0.132. The van der Waals surface area contributed by atoms with Crippen molar-refractivity contribution < 1.29 is 9.18 Å². The van der Waals surface area contributed by atoms with E-state index in [0.29, 0.717) is 13.0 Å². The van der Waals surface area contributed by atoms with E-state index in [2.05, 4.69) is 0 Å². The van der Waals surface area contributed by atoms with E-state index in [1.807, 2.05) is 27.7 Å². The van der Waals surface area contributed by atoms with Crippen LogP contribution in [0.25, 0.3) is 0 Å². The molecule has 2 unspecified atom stereocenters. The number of carbonyl (C=O) groups excluding carboxylic acids is 1. The van der Waals surface area contributed by atoms with Gasteiger partial charge in [-0.2, -0.15) is 0 Å². The SMILES string of the molecule is CC1CN(C(=O)CC(C)(C)C)CC1F. The molecule has 1 heterocycles. The molecule has 0 aromatic rings. The Morgan fingerprint density at radius 3 is 2.36 bits per heavy atom. The fourth-order valence-corrected chi connectivity index (χ4v) is 1.70. The standard InChI is InChI=1S/C11H20FNO/c1-8-6-13(7-9(8)12)10(14)5-11(2,3)4/h8-9H,5-7H2,1-4H3. The molecule has 0 aromatic heterocycles. The average molecular weight is 201 g/mol. The van der Waals surface area contributed by atoms with E-state index in [9.17, 15) is 9.18 Å². The summed E-state index contributed by atoms with van der Waals surface area (Å²) in [7, 11) is 0. The normalized spacial score (nSPS) is 28.2. The Morgan fingerprint density at radius 2 is 2.00 bits per heavy atom. The topological polar surface area (TPSA) is 20.3 Å². The quantitative estimate of drug-likeness (QED) is 0.637. The molecular weight excluding hydrogens is 181 g/mol. The summed E-state index contributed by atoms with van der Waals surface area (Å²) in [5.41, 5.74) is -0.00524. The lowest BCUT2D eigenvalue weighted by Crippen LogP contribution is -2.32. The van der Waals surface area contributed by atoms with Crippen molar-refractivity contribution in [3.05, 3.63) is 0 Å². The van der Waals surface area contributed by atoms with Gasteiger partial charge in [0.2, 0.25) is 5.91 Å². The first-order valence-electron chi connectivity index (χ1n) is 5.21. The number of nitrogens with zero attached hydrogens (tertiary/aromatic N) is 1. The fraction of sp³-hybridized carbons (Fsp3) is 0.909. The summed E-state index contributed by atoms with van der Waals surface area (Å²) in [6.07, 6.45) is -0.328. The molecule has 0 N–H and O–H groups in total. The van der Waals surface area contributed by atoms with Gasteiger partial charge in [0.15, 0.2) is 0 Å². The predicted octanol–water partition coefficient (Wildman–Crippen LogP) is 2.24. The Hall–Kier alpha value is -0.600. The van der Waals surface area contributed by atoms with Crippen LogP contribution in [0.5, 0.6) is 0 Å². The van der Waals surface area contributed by atoms with E-state index >= 15 is 0 Å². The maximum atomic E-state index is 13.2. The van der Waals surface area contributed by atoms with Gasteiger partial charge in [0, 0.05) is 18.9 Å². The minimum absolute atomic E-state index is 0.00100. The van der Waals surface area contributed by atoms with Gasteiger partial charge in [-0.25, -0.2) is 4.39 Å². The minimum atomic E-state index is -0.834. The van der Waals surface area contributed by atoms with Crippen molar-refractivity contribution >= 4 is 5.91 Å². The van der Waals surface area contributed by atoms with Gasteiger partial charge in [0.1, 0.15) is 6.17 Å². The number of hydrogen-bond acceptors (Lipinski definition) is 1. The first-order chi connectivity index (χ1) is 6.29. The van der Waals surface area contributed by atoms with Crippen LogP contribution < -0.4 is 0 Å². The summed E-state index contributed by atoms with van der Waals surface area (Å²) >= 11 is 0. The van der Waals surface area contributed by atoms with E-state index in [4.69, 9.17) is 0 Å². The predicted molar refractivity (Wildman–Crippen MR) is 54.7 cm³/mol. The molecule has 2 atom stereocenters. The number of alkyl halides is 1. The second-order valence-electron chi connectivity index (χ2n) is 5.53. The van der Waals surface area contributed by atoms with Crippen LogP contribution in [0.1, 0.15) is 34.1 Å². The molecule has 2 nitrogen and oxygen atoms in total. The van der Waals surface area contributed by atoms with Gasteiger partial charge in [-0.3, -0.25) is 4.79 Å². The second-order valence-corrected chi connectivity index (χ2v) is 5.53. The average Bonchev–Trinajstić information content (AvgIpc) is 2.28. The monoisotopic (exact) mass is 201 g/mol. The van der Waals surface area contributed by atoms with Crippen molar-refractivity contribution in [3.8, 4) is 0 Å². The lowest BCUT2D eigenvalue weighted by Gasteiger charge is -2.22. The van der Waals surface area contributed by atoms with E-state index in [1.54, 1.807) is 4.90 Å². The van der Waals surface area contributed by atoms with Gasteiger partial charge >= 0.3 is 0 Å². The zero-order valence-corrected chi connectivity index (χ0v) is 9.51. The summed E-state index contributed by atoms with van der Waals surface area (Å²) in [5, 5.41) is 0. The smallest absolute Gasteiger partial charge is 0.223 e. The van der Waals surface area contributed by atoms with Crippen molar-refractivity contribution in [1.82, 2.24) is 4.90 Å². The second kappa shape index (κ2) is 3.87. The highest BCUT2D eigenvalue weighted by atomic mass is 19.1. The van der Waals surface area contributed by atoms with Gasteiger partial charge in [-0.05, 0) is 5.41 Å². The molecule has 0 aliphatic carbocycles. The van der Waals surface area contributed by atoms with Gasteiger partial charge in [0.25, 0.3) is 0 Å². The summed E-state index contributed by atoms with van der Waals surface area (Å²) in [4.78, 5) is 13.4. The third-order valence-electron chi connectivity index (χ3n) is 2.55. The number of carbonyl (C=O) groups is 1. The highest BCUT2D eigenvalue weighted by Crippen LogP contribution is 2.24. The van der Waals surface area contributed by atoms with Gasteiger partial charge < -0.3 is 4.90 Å². The molecule has 0 radical (unpaired) electrons. The first kappa shape index (κ1) is 11.5. The zero-order valence-electron chi connectivity index (χ0n) is 9.51. The van der Waals surface area contributed by atoms with Crippen molar-refractivity contribution in [1.29, 1.82) is 0 Å². The lowest BCUT2D eigenvalue weighted by atomic mass is 9.92. The molecule has 0 bridgehead atoms. The minimum Gasteiger partial charge on any atom is -0.339 e. The third kappa shape index (κ3) is 2.96. The van der Waals surface area contributed by atoms with Crippen LogP contribution in [-0.4, -0.2) is 30.1 Å². The summed E-state index contributed by atoms with van der Waals surface area (Å²) < 4.78 is 13.2. The molecule has 0 spiro atoms. The molecule has 1 aliphatic rings. The maximum absolute atomic E-state index is 13.2.